The summed E-state index contributed by atoms with van der Waals surface area (Å²) in [6.45, 7) is 2.01. The maximum Gasteiger partial charge on any atom is 0.573 e. The van der Waals surface area contributed by atoms with Gasteiger partial charge in [-0.3, -0.25) is 4.79 Å². The van der Waals surface area contributed by atoms with Crippen molar-refractivity contribution in [1.29, 1.82) is 0 Å². The van der Waals surface area contributed by atoms with Crippen LogP contribution in [0.4, 0.5) is 13.2 Å². The van der Waals surface area contributed by atoms with E-state index >= 15 is 0 Å². The van der Waals surface area contributed by atoms with Gasteiger partial charge in [0, 0.05) is 19.6 Å². The van der Waals surface area contributed by atoms with Gasteiger partial charge in [0.25, 0.3) is 0 Å². The van der Waals surface area contributed by atoms with E-state index in [0.29, 0.717) is 12.3 Å². The summed E-state index contributed by atoms with van der Waals surface area (Å²) in [6, 6.07) is 5.31. The third-order valence-corrected chi connectivity index (χ3v) is 3.54. The molecule has 1 fully saturated rings. The minimum Gasteiger partial charge on any atom is -0.490 e. The van der Waals surface area contributed by atoms with Crippen LogP contribution < -0.4 is 9.47 Å². The van der Waals surface area contributed by atoms with E-state index in [-0.39, 0.29) is 18.3 Å². The second-order valence-corrected chi connectivity index (χ2v) is 5.32. The molecule has 1 N–H and O–H groups in total. The van der Waals surface area contributed by atoms with Crippen LogP contribution in [0.2, 0.25) is 0 Å². The number of hydrogen-bond acceptors (Lipinski definition) is 4. The normalized spacial score (nSPS) is 17.0. The SMILES string of the molecule is O=C(O)CCN1CCC(Oc2ccc(OC(F)(F)F)cc2)CC1. The second-order valence-electron chi connectivity index (χ2n) is 5.32. The number of hydrogen-bond donors (Lipinski definition) is 1. The first-order valence-electron chi connectivity index (χ1n) is 7.28. The molecule has 128 valence electrons. The van der Waals surface area contributed by atoms with Crippen molar-refractivity contribution in [3.63, 3.8) is 0 Å². The van der Waals surface area contributed by atoms with Crippen LogP contribution in [0.25, 0.3) is 0 Å². The number of ether oxygens (including phenoxy) is 2. The number of aliphatic carboxylic acids is 1. The summed E-state index contributed by atoms with van der Waals surface area (Å²) in [5, 5.41) is 8.65. The molecule has 1 aliphatic rings. The van der Waals surface area contributed by atoms with Gasteiger partial charge in [-0.25, -0.2) is 0 Å². The number of rotatable bonds is 6. The van der Waals surface area contributed by atoms with Gasteiger partial charge in [-0.1, -0.05) is 0 Å². The number of carboxylic acids is 1. The van der Waals surface area contributed by atoms with Crippen molar-refractivity contribution in [3.05, 3.63) is 24.3 Å². The maximum absolute atomic E-state index is 12.1. The van der Waals surface area contributed by atoms with Gasteiger partial charge in [-0.15, -0.1) is 13.2 Å². The van der Waals surface area contributed by atoms with Crippen LogP contribution in [-0.2, 0) is 4.79 Å². The fraction of sp³-hybridized carbons (Fsp3) is 0.533. The molecule has 5 nitrogen and oxygen atoms in total. The summed E-state index contributed by atoms with van der Waals surface area (Å²) >= 11 is 0. The smallest absolute Gasteiger partial charge is 0.490 e. The molecule has 1 aromatic carbocycles. The minimum absolute atomic E-state index is 0.0227. The maximum atomic E-state index is 12.1. The van der Waals surface area contributed by atoms with E-state index in [1.54, 1.807) is 0 Å². The number of likely N-dealkylation sites (tertiary alicyclic amines) is 1. The predicted molar refractivity (Wildman–Crippen MR) is 75.5 cm³/mol. The van der Waals surface area contributed by atoms with Gasteiger partial charge in [0.2, 0.25) is 0 Å². The number of piperidine rings is 1. The monoisotopic (exact) mass is 333 g/mol. The molecule has 0 unspecified atom stereocenters. The summed E-state index contributed by atoms with van der Waals surface area (Å²) in [6.07, 6.45) is -3.11. The first kappa shape index (κ1) is 17.4. The molecule has 0 bridgehead atoms. The zero-order valence-corrected chi connectivity index (χ0v) is 12.4. The van der Waals surface area contributed by atoms with Crippen LogP contribution >= 0.6 is 0 Å². The Labute approximate surface area is 131 Å². The third kappa shape index (κ3) is 6.35. The quantitative estimate of drug-likeness (QED) is 0.867. The lowest BCUT2D eigenvalue weighted by Gasteiger charge is -2.31. The first-order chi connectivity index (χ1) is 10.8. The molecule has 1 heterocycles. The topological polar surface area (TPSA) is 59.0 Å². The summed E-state index contributed by atoms with van der Waals surface area (Å²) in [5.74, 6) is -0.610. The molecule has 0 radical (unpaired) electrons. The molecule has 0 amide bonds. The van der Waals surface area contributed by atoms with Crippen molar-refractivity contribution in [2.75, 3.05) is 19.6 Å². The zero-order chi connectivity index (χ0) is 16.9. The molecule has 0 aromatic heterocycles. The van der Waals surface area contributed by atoms with Crippen molar-refractivity contribution in [1.82, 2.24) is 4.90 Å². The molecule has 1 saturated heterocycles. The van der Waals surface area contributed by atoms with Crippen LogP contribution in [0, 0.1) is 0 Å². The number of carboxylic acid groups (broad SMARTS) is 1. The van der Waals surface area contributed by atoms with Crippen molar-refractivity contribution in [2.45, 2.75) is 31.7 Å². The van der Waals surface area contributed by atoms with E-state index in [2.05, 4.69) is 9.64 Å². The molecule has 1 aliphatic heterocycles. The van der Waals surface area contributed by atoms with Gasteiger partial charge in [-0.05, 0) is 37.1 Å². The predicted octanol–water partition coefficient (Wildman–Crippen LogP) is 2.90. The number of benzene rings is 1. The number of halogens is 3. The van der Waals surface area contributed by atoms with E-state index in [1.165, 1.54) is 24.3 Å². The van der Waals surface area contributed by atoms with Crippen molar-refractivity contribution in [3.8, 4) is 11.5 Å². The first-order valence-corrected chi connectivity index (χ1v) is 7.28. The van der Waals surface area contributed by atoms with Gasteiger partial charge in [0.05, 0.1) is 6.42 Å². The molecular formula is C15H18F3NO4. The Bertz CT molecular complexity index is 510. The van der Waals surface area contributed by atoms with Crippen LogP contribution in [-0.4, -0.2) is 48.1 Å². The summed E-state index contributed by atoms with van der Waals surface area (Å²) in [5.41, 5.74) is 0. The summed E-state index contributed by atoms with van der Waals surface area (Å²) in [4.78, 5) is 12.6. The van der Waals surface area contributed by atoms with Gasteiger partial charge in [-0.2, -0.15) is 0 Å². The highest BCUT2D eigenvalue weighted by Gasteiger charge is 2.31. The number of carbonyl (C=O) groups is 1. The molecule has 0 atom stereocenters. The highest BCUT2D eigenvalue weighted by molar-refractivity contribution is 5.66. The molecular weight excluding hydrogens is 315 g/mol. The Morgan fingerprint density at radius 1 is 1.17 bits per heavy atom. The third-order valence-electron chi connectivity index (χ3n) is 3.54. The van der Waals surface area contributed by atoms with Crippen LogP contribution in [0.1, 0.15) is 19.3 Å². The van der Waals surface area contributed by atoms with E-state index in [4.69, 9.17) is 9.84 Å². The van der Waals surface area contributed by atoms with Gasteiger partial charge in [0.15, 0.2) is 0 Å². The number of alkyl halides is 3. The Kier molecular flexibility index (Phi) is 5.70. The van der Waals surface area contributed by atoms with E-state index < -0.39 is 12.3 Å². The molecule has 1 aromatic rings. The molecule has 0 aliphatic carbocycles. The Balaban J connectivity index is 1.77. The van der Waals surface area contributed by atoms with Crippen LogP contribution in [0.3, 0.4) is 0 Å². The average Bonchev–Trinajstić information content (AvgIpc) is 2.47. The lowest BCUT2D eigenvalue weighted by Crippen LogP contribution is -2.39. The largest absolute Gasteiger partial charge is 0.573 e. The molecule has 0 saturated carbocycles. The standard InChI is InChI=1S/C15H18F3NO4/c16-15(17,18)23-13-3-1-11(2-4-13)22-12-5-8-19(9-6-12)10-7-14(20)21/h1-4,12H,5-10H2,(H,20,21). The van der Waals surface area contributed by atoms with Gasteiger partial charge >= 0.3 is 12.3 Å². The molecule has 8 heteroatoms. The highest BCUT2D eigenvalue weighted by Crippen LogP contribution is 2.26. The van der Waals surface area contributed by atoms with E-state index in [0.717, 1.165) is 25.9 Å². The molecule has 2 rings (SSSR count). The lowest BCUT2D eigenvalue weighted by molar-refractivity contribution is -0.274. The average molecular weight is 333 g/mol. The zero-order valence-electron chi connectivity index (χ0n) is 12.4. The second kappa shape index (κ2) is 7.54. The van der Waals surface area contributed by atoms with Gasteiger partial charge < -0.3 is 19.5 Å². The Morgan fingerprint density at radius 2 is 1.74 bits per heavy atom. The Hall–Kier alpha value is -1.96. The number of nitrogens with zero attached hydrogens (tertiary/aromatic N) is 1. The Morgan fingerprint density at radius 3 is 2.26 bits per heavy atom. The van der Waals surface area contributed by atoms with Crippen LogP contribution in [0.15, 0.2) is 24.3 Å². The van der Waals surface area contributed by atoms with Crippen molar-refractivity contribution >= 4 is 5.97 Å². The van der Waals surface area contributed by atoms with Crippen molar-refractivity contribution < 1.29 is 32.5 Å². The minimum atomic E-state index is -4.70. The fourth-order valence-electron chi connectivity index (χ4n) is 2.42. The van der Waals surface area contributed by atoms with Crippen molar-refractivity contribution in [2.24, 2.45) is 0 Å². The van der Waals surface area contributed by atoms with Gasteiger partial charge in [0.1, 0.15) is 17.6 Å². The van der Waals surface area contributed by atoms with Crippen LogP contribution in [0.5, 0.6) is 11.5 Å². The lowest BCUT2D eigenvalue weighted by atomic mass is 10.1. The highest BCUT2D eigenvalue weighted by atomic mass is 19.4. The molecule has 23 heavy (non-hydrogen) atoms. The molecule has 0 spiro atoms. The van der Waals surface area contributed by atoms with E-state index in [9.17, 15) is 18.0 Å². The summed E-state index contributed by atoms with van der Waals surface area (Å²) < 4.78 is 45.7. The van der Waals surface area contributed by atoms with E-state index in [1.807, 2.05) is 0 Å². The fourth-order valence-corrected chi connectivity index (χ4v) is 2.42. The summed E-state index contributed by atoms with van der Waals surface area (Å²) in [7, 11) is 0.